The number of phenols is 1. The summed E-state index contributed by atoms with van der Waals surface area (Å²) in [4.78, 5) is 11.7. The Morgan fingerprint density at radius 3 is 2.52 bits per heavy atom. The first-order chi connectivity index (χ1) is 14.7. The summed E-state index contributed by atoms with van der Waals surface area (Å²) in [6, 6.07) is 10.3. The second-order valence-corrected chi connectivity index (χ2v) is 8.47. The molecule has 31 heavy (non-hydrogen) atoms. The fourth-order valence-electron chi connectivity index (χ4n) is 3.62. The average Bonchev–Trinajstić information content (AvgIpc) is 3.17. The van der Waals surface area contributed by atoms with Gasteiger partial charge in [-0.3, -0.25) is 10.1 Å². The van der Waals surface area contributed by atoms with E-state index in [1.807, 2.05) is 13.0 Å². The molecule has 1 unspecified atom stereocenters. The lowest BCUT2D eigenvalue weighted by molar-refractivity contribution is -0.949. The predicted molar refractivity (Wildman–Crippen MR) is 117 cm³/mol. The van der Waals surface area contributed by atoms with Gasteiger partial charge in [0.25, 0.3) is 11.6 Å². The molecule has 1 atom stereocenters. The SMILES string of the molecule is Cc1cc(O)c(C[NH+](Cc2nnc(-c3cccc([N+](=O)[O-])c3)o2)C(C)C)cc1C(C)C. The minimum atomic E-state index is -0.453. The van der Waals surface area contributed by atoms with Crippen LogP contribution in [0.5, 0.6) is 5.75 Å². The normalized spacial score (nSPS) is 12.5. The number of benzene rings is 2. The van der Waals surface area contributed by atoms with Crippen LogP contribution in [0.2, 0.25) is 0 Å². The van der Waals surface area contributed by atoms with Crippen LogP contribution < -0.4 is 4.90 Å². The molecular weight excluding hydrogens is 396 g/mol. The number of nitrogens with one attached hydrogen (secondary N) is 1. The highest BCUT2D eigenvalue weighted by Gasteiger charge is 2.22. The number of nitro benzene ring substituents is 1. The van der Waals surface area contributed by atoms with E-state index in [1.54, 1.807) is 12.1 Å². The number of hydrogen-bond donors (Lipinski definition) is 2. The lowest BCUT2D eigenvalue weighted by atomic mass is 9.95. The zero-order chi connectivity index (χ0) is 22.7. The average molecular weight is 426 g/mol. The van der Waals surface area contributed by atoms with Gasteiger partial charge in [0.05, 0.1) is 11.0 Å². The van der Waals surface area contributed by atoms with Gasteiger partial charge in [-0.25, -0.2) is 0 Å². The third-order valence-corrected chi connectivity index (χ3v) is 5.47. The summed E-state index contributed by atoms with van der Waals surface area (Å²) in [5.74, 6) is 1.36. The van der Waals surface area contributed by atoms with E-state index in [4.69, 9.17) is 4.42 Å². The molecule has 0 amide bonds. The Hall–Kier alpha value is -3.26. The van der Waals surface area contributed by atoms with E-state index in [0.29, 0.717) is 36.2 Å². The van der Waals surface area contributed by atoms with E-state index < -0.39 is 4.92 Å². The smallest absolute Gasteiger partial charge is 0.271 e. The molecule has 1 aromatic heterocycles. The van der Waals surface area contributed by atoms with E-state index in [9.17, 15) is 15.2 Å². The highest BCUT2D eigenvalue weighted by Crippen LogP contribution is 2.27. The summed E-state index contributed by atoms with van der Waals surface area (Å²) in [5.41, 5.74) is 3.68. The van der Waals surface area contributed by atoms with Gasteiger partial charge in [-0.2, -0.15) is 0 Å². The molecule has 0 saturated carbocycles. The van der Waals surface area contributed by atoms with Crippen LogP contribution in [0.3, 0.4) is 0 Å². The highest BCUT2D eigenvalue weighted by molar-refractivity contribution is 5.57. The quantitative estimate of drug-likeness (QED) is 0.420. The molecule has 0 aliphatic carbocycles. The van der Waals surface area contributed by atoms with Gasteiger partial charge in [-0.05, 0) is 56.0 Å². The number of phenolic OH excluding ortho intramolecular Hbond substituents is 1. The van der Waals surface area contributed by atoms with Gasteiger partial charge in [0.2, 0.25) is 5.89 Å². The standard InChI is InChI=1S/C23H28N4O4/c1-14(2)20-11-18(21(28)9-16(20)5)12-26(15(3)4)13-22-24-25-23(31-22)17-7-6-8-19(10-17)27(29)30/h6-11,14-15,28H,12-13H2,1-5H3/p+1. The molecule has 0 fully saturated rings. The number of rotatable bonds is 8. The molecule has 0 aliphatic heterocycles. The molecule has 8 heteroatoms. The van der Waals surface area contributed by atoms with Crippen LogP contribution in [0.4, 0.5) is 5.69 Å². The lowest BCUT2D eigenvalue weighted by Gasteiger charge is -2.23. The van der Waals surface area contributed by atoms with Crippen molar-refractivity contribution in [2.45, 2.75) is 59.7 Å². The Kier molecular flexibility index (Phi) is 6.70. The summed E-state index contributed by atoms with van der Waals surface area (Å²) in [5, 5.41) is 29.7. The molecule has 0 radical (unpaired) electrons. The predicted octanol–water partition coefficient (Wildman–Crippen LogP) is 3.78. The van der Waals surface area contributed by atoms with Crippen LogP contribution in [0.15, 0.2) is 40.8 Å². The van der Waals surface area contributed by atoms with Crippen LogP contribution in [0, 0.1) is 17.0 Å². The second kappa shape index (κ2) is 9.26. The number of hydrogen-bond acceptors (Lipinski definition) is 6. The van der Waals surface area contributed by atoms with Crippen molar-refractivity contribution in [3.63, 3.8) is 0 Å². The van der Waals surface area contributed by atoms with Crippen LogP contribution in [-0.2, 0) is 13.1 Å². The zero-order valence-electron chi connectivity index (χ0n) is 18.5. The zero-order valence-corrected chi connectivity index (χ0v) is 18.5. The molecule has 8 nitrogen and oxygen atoms in total. The molecule has 0 bridgehead atoms. The van der Waals surface area contributed by atoms with Gasteiger partial charge in [-0.15, -0.1) is 10.2 Å². The van der Waals surface area contributed by atoms with Crippen LogP contribution >= 0.6 is 0 Å². The monoisotopic (exact) mass is 425 g/mol. The first-order valence-corrected chi connectivity index (χ1v) is 10.4. The third kappa shape index (κ3) is 5.27. The largest absolute Gasteiger partial charge is 0.507 e. The molecule has 164 valence electrons. The Bertz CT molecular complexity index is 1080. The first kappa shape index (κ1) is 22.4. The van der Waals surface area contributed by atoms with Crippen molar-refractivity contribution in [2.24, 2.45) is 0 Å². The minimum Gasteiger partial charge on any atom is -0.507 e. The molecule has 2 N–H and O–H groups in total. The molecule has 0 saturated heterocycles. The molecule has 0 spiro atoms. The number of nitrogens with zero attached hydrogens (tertiary/aromatic N) is 3. The number of aromatic hydroxyl groups is 1. The van der Waals surface area contributed by atoms with Gasteiger partial charge in [0, 0.05) is 23.3 Å². The van der Waals surface area contributed by atoms with Crippen molar-refractivity contribution in [3.8, 4) is 17.2 Å². The molecular formula is C23H29N4O4+. The summed E-state index contributed by atoms with van der Waals surface area (Å²) in [6.07, 6.45) is 0. The highest BCUT2D eigenvalue weighted by atomic mass is 16.6. The number of aryl methyl sites for hydroxylation is 1. The van der Waals surface area contributed by atoms with Crippen molar-refractivity contribution in [3.05, 3.63) is 69.1 Å². The molecule has 3 rings (SSSR count). The minimum absolute atomic E-state index is 0.0255. The molecule has 0 aliphatic rings. The van der Waals surface area contributed by atoms with Gasteiger partial charge in [0.1, 0.15) is 12.3 Å². The topological polar surface area (TPSA) is 107 Å². The molecule has 1 heterocycles. The van der Waals surface area contributed by atoms with Crippen molar-refractivity contribution in [1.82, 2.24) is 10.2 Å². The summed E-state index contributed by atoms with van der Waals surface area (Å²) in [6.45, 7) is 11.6. The van der Waals surface area contributed by atoms with Crippen LogP contribution in [0.25, 0.3) is 11.5 Å². The first-order valence-electron chi connectivity index (χ1n) is 10.4. The number of non-ortho nitro benzene ring substituents is 1. The van der Waals surface area contributed by atoms with Gasteiger partial charge < -0.3 is 14.4 Å². The van der Waals surface area contributed by atoms with Crippen molar-refractivity contribution in [2.75, 3.05) is 0 Å². The third-order valence-electron chi connectivity index (χ3n) is 5.47. The fourth-order valence-corrected chi connectivity index (χ4v) is 3.62. The maximum absolute atomic E-state index is 11.0. The maximum atomic E-state index is 11.0. The second-order valence-electron chi connectivity index (χ2n) is 8.47. The number of nitro groups is 1. The number of quaternary nitrogens is 1. The Morgan fingerprint density at radius 2 is 1.87 bits per heavy atom. The maximum Gasteiger partial charge on any atom is 0.271 e. The van der Waals surface area contributed by atoms with Crippen LogP contribution in [0.1, 0.15) is 56.2 Å². The number of aromatic nitrogens is 2. The van der Waals surface area contributed by atoms with E-state index in [0.717, 1.165) is 16.0 Å². The Morgan fingerprint density at radius 1 is 1.13 bits per heavy atom. The van der Waals surface area contributed by atoms with Crippen molar-refractivity contribution in [1.29, 1.82) is 0 Å². The van der Waals surface area contributed by atoms with Crippen molar-refractivity contribution < 1.29 is 19.3 Å². The summed E-state index contributed by atoms with van der Waals surface area (Å²) < 4.78 is 5.81. The van der Waals surface area contributed by atoms with Gasteiger partial charge >= 0.3 is 0 Å². The van der Waals surface area contributed by atoms with E-state index in [1.165, 1.54) is 17.7 Å². The fraction of sp³-hybridized carbons (Fsp3) is 0.391. The van der Waals surface area contributed by atoms with E-state index in [2.05, 4.69) is 44.0 Å². The Balaban J connectivity index is 1.82. The summed E-state index contributed by atoms with van der Waals surface area (Å²) in [7, 11) is 0. The lowest BCUT2D eigenvalue weighted by Crippen LogP contribution is -3.12. The molecule has 3 aromatic rings. The Labute approximate surface area is 181 Å². The summed E-state index contributed by atoms with van der Waals surface area (Å²) >= 11 is 0. The van der Waals surface area contributed by atoms with E-state index >= 15 is 0 Å². The molecule has 2 aromatic carbocycles. The van der Waals surface area contributed by atoms with Crippen LogP contribution in [-0.4, -0.2) is 26.3 Å². The van der Waals surface area contributed by atoms with Gasteiger partial charge in [0.15, 0.2) is 6.54 Å². The van der Waals surface area contributed by atoms with Crippen molar-refractivity contribution >= 4 is 5.69 Å². The van der Waals surface area contributed by atoms with E-state index in [-0.39, 0.29) is 17.6 Å². The van der Waals surface area contributed by atoms with Gasteiger partial charge in [-0.1, -0.05) is 19.9 Å².